The second-order valence-electron chi connectivity index (χ2n) is 2.95. The van der Waals surface area contributed by atoms with E-state index in [4.69, 9.17) is 21.4 Å². The van der Waals surface area contributed by atoms with Crippen molar-refractivity contribution in [3.8, 4) is 0 Å². The van der Waals surface area contributed by atoms with E-state index in [1.54, 1.807) is 7.11 Å². The van der Waals surface area contributed by atoms with Gasteiger partial charge in [-0.15, -0.1) is 0 Å². The van der Waals surface area contributed by atoms with Crippen molar-refractivity contribution in [1.29, 1.82) is 0 Å². The topological polar surface area (TPSA) is 18.5 Å². The van der Waals surface area contributed by atoms with Gasteiger partial charge < -0.3 is 9.16 Å². The average molecular weight is 192 g/mol. The molecule has 0 spiro atoms. The lowest BCUT2D eigenvalue weighted by Crippen LogP contribution is -2.32. The van der Waals surface area contributed by atoms with Gasteiger partial charge in [-0.3, -0.25) is 0 Å². The smallest absolute Gasteiger partial charge is 0.194 e. The van der Waals surface area contributed by atoms with Crippen LogP contribution in [-0.2, 0) is 9.16 Å². The van der Waals surface area contributed by atoms with Crippen LogP contribution in [-0.4, -0.2) is 27.1 Å². The minimum atomic E-state index is -1.55. The molecule has 0 unspecified atom stereocenters. The highest BCUT2D eigenvalue weighted by Gasteiger charge is 2.23. The molecule has 0 heterocycles. The number of thiocarbonyl (C=S) groups is 1. The van der Waals surface area contributed by atoms with E-state index in [0.29, 0.717) is 5.05 Å². The molecule has 0 N–H and O–H groups in total. The predicted octanol–water partition coefficient (Wildman–Crippen LogP) is 2.20. The van der Waals surface area contributed by atoms with Crippen LogP contribution >= 0.6 is 12.2 Å². The van der Waals surface area contributed by atoms with Gasteiger partial charge in [0.05, 0.1) is 7.11 Å². The van der Waals surface area contributed by atoms with E-state index in [9.17, 15) is 0 Å². The molecule has 0 aromatic heterocycles. The molecule has 2 nitrogen and oxygen atoms in total. The fourth-order valence-electron chi connectivity index (χ4n) is 0.862. The molecule has 0 aliphatic carbocycles. The third-order valence-corrected chi connectivity index (χ3v) is 4.14. The van der Waals surface area contributed by atoms with Crippen LogP contribution in [0.25, 0.3) is 0 Å². The molecule has 66 valence electrons. The van der Waals surface area contributed by atoms with Crippen LogP contribution in [0, 0.1) is 0 Å². The number of rotatable bonds is 4. The first-order valence-corrected chi connectivity index (χ1v) is 7.25. The molecule has 0 aromatic rings. The van der Waals surface area contributed by atoms with Crippen molar-refractivity contribution in [3.05, 3.63) is 0 Å². The van der Waals surface area contributed by atoms with E-state index < -0.39 is 8.32 Å². The summed E-state index contributed by atoms with van der Waals surface area (Å²) in [5, 5.41) is 0.662. The molecular formula is C7H16O2SSi. The van der Waals surface area contributed by atoms with Gasteiger partial charge >= 0.3 is 0 Å². The van der Waals surface area contributed by atoms with E-state index in [1.807, 2.05) is 6.92 Å². The maximum absolute atomic E-state index is 5.57. The zero-order valence-corrected chi connectivity index (χ0v) is 9.46. The van der Waals surface area contributed by atoms with Gasteiger partial charge in [0.1, 0.15) is 0 Å². The quantitative estimate of drug-likeness (QED) is 0.502. The Labute approximate surface area is 75.0 Å². The Balaban J connectivity index is 3.80. The van der Waals surface area contributed by atoms with Crippen molar-refractivity contribution < 1.29 is 9.16 Å². The van der Waals surface area contributed by atoms with Gasteiger partial charge in [-0.2, -0.15) is 0 Å². The molecule has 0 radical (unpaired) electrons. The Morgan fingerprint density at radius 1 is 1.45 bits per heavy atom. The van der Waals surface area contributed by atoms with Gasteiger partial charge in [-0.05, 0) is 32.2 Å². The van der Waals surface area contributed by atoms with Crippen LogP contribution in [0.3, 0.4) is 0 Å². The predicted molar refractivity (Wildman–Crippen MR) is 53.5 cm³/mol. The van der Waals surface area contributed by atoms with E-state index in [-0.39, 0.29) is 0 Å². The van der Waals surface area contributed by atoms with Crippen molar-refractivity contribution in [2.75, 3.05) is 13.7 Å². The summed E-state index contributed by atoms with van der Waals surface area (Å²) in [4.78, 5) is 0. The molecule has 0 amide bonds. The van der Waals surface area contributed by atoms with Crippen LogP contribution < -0.4 is 0 Å². The molecule has 0 bridgehead atoms. The highest BCUT2D eigenvalue weighted by molar-refractivity contribution is 7.80. The molecular weight excluding hydrogens is 176 g/mol. The number of hydrogen-bond acceptors (Lipinski definition) is 3. The molecule has 0 aromatic carbocycles. The summed E-state index contributed by atoms with van der Waals surface area (Å²) in [5.41, 5.74) is 0. The fraction of sp³-hybridized carbons (Fsp3) is 0.857. The minimum absolute atomic E-state index is 0.662. The van der Waals surface area contributed by atoms with Gasteiger partial charge in [0.15, 0.2) is 13.4 Å². The zero-order valence-electron chi connectivity index (χ0n) is 7.64. The first-order chi connectivity index (χ1) is 5.02. The summed E-state index contributed by atoms with van der Waals surface area (Å²) in [6, 6.07) is 0.812. The molecule has 0 aliphatic heterocycles. The monoisotopic (exact) mass is 192 g/mol. The average Bonchev–Trinajstić information content (AvgIpc) is 1.86. The lowest BCUT2D eigenvalue weighted by molar-refractivity contribution is 0.328. The van der Waals surface area contributed by atoms with Crippen molar-refractivity contribution in [3.63, 3.8) is 0 Å². The van der Waals surface area contributed by atoms with E-state index in [2.05, 4.69) is 13.1 Å². The van der Waals surface area contributed by atoms with Crippen molar-refractivity contribution >= 4 is 25.6 Å². The maximum Gasteiger partial charge on any atom is 0.194 e. The summed E-state index contributed by atoms with van der Waals surface area (Å²) in [6.07, 6.45) is 0. The standard InChI is InChI=1S/C7H16O2SSi/c1-5-9-11(3,4)6-7(10)8-2/h5-6H2,1-4H3. The maximum atomic E-state index is 5.57. The minimum Gasteiger partial charge on any atom is -0.490 e. The van der Waals surface area contributed by atoms with Crippen molar-refractivity contribution in [2.24, 2.45) is 0 Å². The molecule has 0 saturated carbocycles. The third-order valence-electron chi connectivity index (χ3n) is 1.33. The van der Waals surface area contributed by atoms with Crippen LogP contribution in [0.15, 0.2) is 0 Å². The normalized spacial score (nSPS) is 11.3. The van der Waals surface area contributed by atoms with Crippen LogP contribution in [0.2, 0.25) is 19.1 Å². The number of ether oxygens (including phenoxy) is 1. The number of methoxy groups -OCH3 is 1. The van der Waals surface area contributed by atoms with Gasteiger partial charge in [-0.1, -0.05) is 0 Å². The zero-order chi connectivity index (χ0) is 8.91. The Hall–Kier alpha value is 0.0669. The molecule has 4 heteroatoms. The Bertz CT molecular complexity index is 136. The van der Waals surface area contributed by atoms with Gasteiger partial charge in [0, 0.05) is 12.7 Å². The summed E-state index contributed by atoms with van der Waals surface area (Å²) < 4.78 is 10.5. The lowest BCUT2D eigenvalue weighted by atomic mass is 10.8. The van der Waals surface area contributed by atoms with Crippen LogP contribution in [0.5, 0.6) is 0 Å². The SMILES string of the molecule is CCO[Si](C)(C)CC(=S)OC. The van der Waals surface area contributed by atoms with Gasteiger partial charge in [-0.25, -0.2) is 0 Å². The van der Waals surface area contributed by atoms with Crippen LogP contribution in [0.1, 0.15) is 6.92 Å². The lowest BCUT2D eigenvalue weighted by Gasteiger charge is -2.21. The molecule has 0 rings (SSSR count). The first-order valence-electron chi connectivity index (χ1n) is 3.72. The summed E-state index contributed by atoms with van der Waals surface area (Å²) in [7, 11) is 0.0563. The van der Waals surface area contributed by atoms with Gasteiger partial charge in [0.2, 0.25) is 0 Å². The largest absolute Gasteiger partial charge is 0.490 e. The second-order valence-corrected chi connectivity index (χ2v) is 7.56. The van der Waals surface area contributed by atoms with Gasteiger partial charge in [0.25, 0.3) is 0 Å². The Morgan fingerprint density at radius 3 is 2.36 bits per heavy atom. The van der Waals surface area contributed by atoms with E-state index in [0.717, 1.165) is 12.7 Å². The molecule has 0 atom stereocenters. The number of hydrogen-bond donors (Lipinski definition) is 0. The van der Waals surface area contributed by atoms with E-state index >= 15 is 0 Å². The molecule has 11 heavy (non-hydrogen) atoms. The highest BCUT2D eigenvalue weighted by atomic mass is 32.1. The Morgan fingerprint density at radius 2 is 2.00 bits per heavy atom. The van der Waals surface area contributed by atoms with Crippen LogP contribution in [0.4, 0.5) is 0 Å². The van der Waals surface area contributed by atoms with E-state index in [1.165, 1.54) is 0 Å². The molecule has 0 saturated heterocycles. The summed E-state index contributed by atoms with van der Waals surface area (Å²) in [6.45, 7) is 7.06. The summed E-state index contributed by atoms with van der Waals surface area (Å²) >= 11 is 4.95. The first kappa shape index (κ1) is 11.1. The summed E-state index contributed by atoms with van der Waals surface area (Å²) in [5.74, 6) is 0. The highest BCUT2D eigenvalue weighted by Crippen LogP contribution is 2.12. The molecule has 0 fully saturated rings. The Kier molecular flexibility index (Phi) is 4.88. The molecule has 0 aliphatic rings. The van der Waals surface area contributed by atoms with Crippen molar-refractivity contribution in [2.45, 2.75) is 26.1 Å². The second kappa shape index (κ2) is 4.85. The van der Waals surface area contributed by atoms with Crippen molar-refractivity contribution in [1.82, 2.24) is 0 Å². The fourth-order valence-corrected chi connectivity index (χ4v) is 3.63. The third kappa shape index (κ3) is 5.35.